The second kappa shape index (κ2) is 9.07. The van der Waals surface area contributed by atoms with E-state index in [2.05, 4.69) is 11.1 Å². The largest absolute Gasteiger partial charge is 0.493 e. The maximum absolute atomic E-state index is 11.2. The summed E-state index contributed by atoms with van der Waals surface area (Å²) < 4.78 is 15.6. The van der Waals surface area contributed by atoms with E-state index < -0.39 is 4.92 Å². The van der Waals surface area contributed by atoms with E-state index in [1.807, 2.05) is 11.4 Å². The number of nitro benzene ring substituents is 1. The standard InChI is InChI=1S/C21H17N3O5S/c1-27-18-6-4-13(9-17(18)24(25)26)8-15(11-22)21-23-16(12-30-21)14-5-7-19(28-2)20(10-14)29-3/h4-10,12H,1-3H3/b15-8-. The molecule has 0 aliphatic carbocycles. The van der Waals surface area contributed by atoms with E-state index in [4.69, 9.17) is 14.2 Å². The molecule has 0 N–H and O–H groups in total. The molecule has 0 aliphatic heterocycles. The van der Waals surface area contributed by atoms with Crippen molar-refractivity contribution >= 4 is 28.7 Å². The van der Waals surface area contributed by atoms with Crippen molar-refractivity contribution in [3.8, 4) is 34.6 Å². The van der Waals surface area contributed by atoms with E-state index in [9.17, 15) is 15.4 Å². The zero-order valence-corrected chi connectivity index (χ0v) is 17.2. The first kappa shape index (κ1) is 20.8. The molecule has 0 saturated carbocycles. The van der Waals surface area contributed by atoms with Crippen LogP contribution < -0.4 is 14.2 Å². The number of allylic oxidation sites excluding steroid dienone is 1. The molecule has 0 unspecified atom stereocenters. The molecule has 0 spiro atoms. The summed E-state index contributed by atoms with van der Waals surface area (Å²) in [5.41, 5.74) is 2.12. The number of benzene rings is 2. The third-order valence-electron chi connectivity index (χ3n) is 4.24. The number of thiazole rings is 1. The summed E-state index contributed by atoms with van der Waals surface area (Å²) in [6.07, 6.45) is 1.56. The van der Waals surface area contributed by atoms with Gasteiger partial charge in [0.1, 0.15) is 11.1 Å². The number of nitro groups is 1. The number of nitrogens with zero attached hydrogens (tertiary/aromatic N) is 3. The van der Waals surface area contributed by atoms with Crippen LogP contribution in [0.3, 0.4) is 0 Å². The first-order valence-electron chi connectivity index (χ1n) is 8.63. The smallest absolute Gasteiger partial charge is 0.311 e. The van der Waals surface area contributed by atoms with E-state index in [1.165, 1.54) is 30.6 Å². The Kier molecular flexibility index (Phi) is 6.29. The van der Waals surface area contributed by atoms with Crippen molar-refractivity contribution < 1.29 is 19.1 Å². The van der Waals surface area contributed by atoms with E-state index in [0.29, 0.717) is 33.3 Å². The number of methoxy groups -OCH3 is 3. The van der Waals surface area contributed by atoms with Gasteiger partial charge >= 0.3 is 5.69 Å². The molecule has 3 rings (SSSR count). The Morgan fingerprint density at radius 2 is 1.80 bits per heavy atom. The lowest BCUT2D eigenvalue weighted by atomic mass is 10.1. The van der Waals surface area contributed by atoms with Crippen molar-refractivity contribution in [1.29, 1.82) is 5.26 Å². The van der Waals surface area contributed by atoms with Gasteiger partial charge in [-0.05, 0) is 35.9 Å². The topological polar surface area (TPSA) is 108 Å². The highest BCUT2D eigenvalue weighted by molar-refractivity contribution is 7.11. The average molecular weight is 423 g/mol. The lowest BCUT2D eigenvalue weighted by Crippen LogP contribution is -1.94. The van der Waals surface area contributed by atoms with Crippen LogP contribution in [0.1, 0.15) is 10.6 Å². The van der Waals surface area contributed by atoms with Crippen molar-refractivity contribution in [2.45, 2.75) is 0 Å². The minimum atomic E-state index is -0.527. The number of nitriles is 1. The molecule has 0 saturated heterocycles. The molecule has 30 heavy (non-hydrogen) atoms. The van der Waals surface area contributed by atoms with Gasteiger partial charge in [0.05, 0.1) is 37.5 Å². The maximum atomic E-state index is 11.2. The summed E-state index contributed by atoms with van der Waals surface area (Å²) in [6, 6.07) is 12.1. The molecule has 3 aromatic rings. The monoisotopic (exact) mass is 423 g/mol. The SMILES string of the molecule is COc1ccc(-c2csc(/C(C#N)=C\c3ccc(OC)c([N+](=O)[O-])c3)n2)cc1OC. The Hall–Kier alpha value is -3.90. The summed E-state index contributed by atoms with van der Waals surface area (Å²) >= 11 is 1.31. The summed E-state index contributed by atoms with van der Waals surface area (Å²) in [6.45, 7) is 0. The molecule has 1 heterocycles. The molecule has 0 aliphatic rings. The second-order valence-corrected chi connectivity index (χ2v) is 6.82. The predicted octanol–water partition coefficient (Wildman–Crippen LogP) is 4.81. The van der Waals surface area contributed by atoms with Crippen LogP contribution in [0, 0.1) is 21.4 Å². The van der Waals surface area contributed by atoms with Gasteiger partial charge in [-0.3, -0.25) is 10.1 Å². The Balaban J connectivity index is 1.96. The van der Waals surface area contributed by atoms with Crippen molar-refractivity contribution in [3.05, 3.63) is 62.5 Å². The zero-order chi connectivity index (χ0) is 21.7. The van der Waals surface area contributed by atoms with E-state index >= 15 is 0 Å². The molecule has 9 heteroatoms. The number of rotatable bonds is 7. The van der Waals surface area contributed by atoms with Crippen LogP contribution in [0.25, 0.3) is 22.9 Å². The first-order valence-corrected chi connectivity index (χ1v) is 9.51. The molecule has 0 amide bonds. The van der Waals surface area contributed by atoms with Crippen molar-refractivity contribution in [3.63, 3.8) is 0 Å². The Labute approximate surface area is 176 Å². The van der Waals surface area contributed by atoms with Crippen molar-refractivity contribution in [1.82, 2.24) is 4.98 Å². The van der Waals surface area contributed by atoms with Crippen LogP contribution in [0.5, 0.6) is 17.2 Å². The van der Waals surface area contributed by atoms with Crippen LogP contribution in [0.15, 0.2) is 41.8 Å². The highest BCUT2D eigenvalue weighted by Crippen LogP contribution is 2.34. The first-order chi connectivity index (χ1) is 14.5. The summed E-state index contributed by atoms with van der Waals surface area (Å²) in [7, 11) is 4.48. The Bertz CT molecular complexity index is 1160. The van der Waals surface area contributed by atoms with Gasteiger partial charge in [0, 0.05) is 17.0 Å². The van der Waals surface area contributed by atoms with Crippen molar-refractivity contribution in [2.75, 3.05) is 21.3 Å². The van der Waals surface area contributed by atoms with Gasteiger partial charge in [-0.1, -0.05) is 6.07 Å². The molecule has 1 aromatic heterocycles. The van der Waals surface area contributed by atoms with Gasteiger partial charge in [-0.15, -0.1) is 11.3 Å². The number of ether oxygens (including phenoxy) is 3. The highest BCUT2D eigenvalue weighted by Gasteiger charge is 2.16. The van der Waals surface area contributed by atoms with Gasteiger partial charge in [0.2, 0.25) is 0 Å². The van der Waals surface area contributed by atoms with Gasteiger partial charge in [0.15, 0.2) is 17.2 Å². The molecule has 152 valence electrons. The molecule has 0 atom stereocenters. The lowest BCUT2D eigenvalue weighted by Gasteiger charge is -2.08. The van der Waals surface area contributed by atoms with E-state index in [0.717, 1.165) is 5.56 Å². The van der Waals surface area contributed by atoms with Gasteiger partial charge in [-0.2, -0.15) is 5.26 Å². The normalized spacial score (nSPS) is 10.9. The molecule has 0 bridgehead atoms. The van der Waals surface area contributed by atoms with Crippen molar-refractivity contribution in [2.24, 2.45) is 0 Å². The van der Waals surface area contributed by atoms with Gasteiger partial charge in [-0.25, -0.2) is 4.98 Å². The summed E-state index contributed by atoms with van der Waals surface area (Å²) in [4.78, 5) is 15.2. The van der Waals surface area contributed by atoms with Crippen LogP contribution in [0.4, 0.5) is 5.69 Å². The lowest BCUT2D eigenvalue weighted by molar-refractivity contribution is -0.385. The van der Waals surface area contributed by atoms with Crippen LogP contribution in [-0.2, 0) is 0 Å². The third kappa shape index (κ3) is 4.24. The van der Waals surface area contributed by atoms with Crippen LogP contribution >= 0.6 is 11.3 Å². The second-order valence-electron chi connectivity index (χ2n) is 5.97. The molecular weight excluding hydrogens is 406 g/mol. The summed E-state index contributed by atoms with van der Waals surface area (Å²) in [5, 5.41) is 23.2. The number of hydrogen-bond acceptors (Lipinski definition) is 8. The van der Waals surface area contributed by atoms with Crippen LogP contribution in [-0.4, -0.2) is 31.2 Å². The fourth-order valence-corrected chi connectivity index (χ4v) is 3.57. The highest BCUT2D eigenvalue weighted by atomic mass is 32.1. The quantitative estimate of drug-likeness (QED) is 0.305. The minimum absolute atomic E-state index is 0.153. The fraction of sp³-hybridized carbons (Fsp3) is 0.143. The molecule has 8 nitrogen and oxygen atoms in total. The number of aromatic nitrogens is 1. The molecule has 0 fully saturated rings. The maximum Gasteiger partial charge on any atom is 0.311 e. The molecule has 0 radical (unpaired) electrons. The van der Waals surface area contributed by atoms with Gasteiger partial charge in [0.25, 0.3) is 0 Å². The minimum Gasteiger partial charge on any atom is -0.493 e. The Morgan fingerprint density at radius 1 is 1.10 bits per heavy atom. The fourth-order valence-electron chi connectivity index (χ4n) is 2.77. The molecular formula is C21H17N3O5S. The van der Waals surface area contributed by atoms with E-state index in [1.54, 1.807) is 38.5 Å². The predicted molar refractivity (Wildman–Crippen MR) is 114 cm³/mol. The third-order valence-corrected chi connectivity index (χ3v) is 5.12. The zero-order valence-electron chi connectivity index (χ0n) is 16.4. The average Bonchev–Trinajstić information content (AvgIpc) is 3.26. The number of hydrogen-bond donors (Lipinski definition) is 0. The van der Waals surface area contributed by atoms with Crippen LogP contribution in [0.2, 0.25) is 0 Å². The summed E-state index contributed by atoms with van der Waals surface area (Å²) in [5.74, 6) is 1.34. The van der Waals surface area contributed by atoms with E-state index in [-0.39, 0.29) is 11.4 Å². The Morgan fingerprint density at radius 3 is 2.43 bits per heavy atom. The molecule has 2 aromatic carbocycles. The van der Waals surface area contributed by atoms with Gasteiger partial charge < -0.3 is 14.2 Å².